The molecule has 2 aromatic rings. The minimum atomic E-state index is -0.755. The fourth-order valence-electron chi connectivity index (χ4n) is 3.41. The minimum Gasteiger partial charge on any atom is -0.481 e. The lowest BCUT2D eigenvalue weighted by Gasteiger charge is -2.33. The molecular formula is C21H25ClN2O2. The molecule has 1 saturated heterocycles. The molecule has 4 nitrogen and oxygen atoms in total. The second kappa shape index (κ2) is 9.06. The molecule has 0 aliphatic carbocycles. The number of carbonyl (C=O) groups is 1. The number of carboxylic acid groups (broad SMARTS) is 1. The fourth-order valence-corrected chi connectivity index (χ4v) is 3.60. The van der Waals surface area contributed by atoms with Crippen molar-refractivity contribution in [3.8, 4) is 0 Å². The molecule has 2 N–H and O–H groups in total. The Labute approximate surface area is 159 Å². The number of rotatable bonds is 7. The van der Waals surface area contributed by atoms with E-state index in [1.165, 1.54) is 5.56 Å². The molecule has 0 saturated carbocycles. The lowest BCUT2D eigenvalue weighted by atomic mass is 10.0. The van der Waals surface area contributed by atoms with Gasteiger partial charge in [-0.2, -0.15) is 0 Å². The van der Waals surface area contributed by atoms with Gasteiger partial charge in [-0.1, -0.05) is 41.9 Å². The van der Waals surface area contributed by atoms with Crippen LogP contribution < -0.4 is 5.32 Å². The fraction of sp³-hybridized carbons (Fsp3) is 0.381. The summed E-state index contributed by atoms with van der Waals surface area (Å²) in [5.41, 5.74) is 3.33. The third-order valence-electron chi connectivity index (χ3n) is 4.86. The van der Waals surface area contributed by atoms with E-state index in [1.54, 1.807) is 0 Å². The number of halogens is 1. The lowest BCUT2D eigenvalue weighted by molar-refractivity contribution is -0.136. The molecule has 1 aliphatic rings. The zero-order valence-corrected chi connectivity index (χ0v) is 15.6. The maximum Gasteiger partial charge on any atom is 0.303 e. The van der Waals surface area contributed by atoms with Crippen molar-refractivity contribution in [2.75, 3.05) is 18.4 Å². The number of nitrogens with one attached hydrogen (secondary N) is 1. The highest BCUT2D eigenvalue weighted by atomic mass is 35.5. The van der Waals surface area contributed by atoms with Gasteiger partial charge in [0.25, 0.3) is 0 Å². The number of benzene rings is 2. The highest BCUT2D eigenvalue weighted by molar-refractivity contribution is 6.31. The van der Waals surface area contributed by atoms with E-state index in [4.69, 9.17) is 16.7 Å². The predicted molar refractivity (Wildman–Crippen MR) is 106 cm³/mol. The summed E-state index contributed by atoms with van der Waals surface area (Å²) in [6, 6.07) is 16.6. The summed E-state index contributed by atoms with van der Waals surface area (Å²) in [6.07, 6.45) is 2.92. The van der Waals surface area contributed by atoms with Gasteiger partial charge in [0.1, 0.15) is 0 Å². The molecule has 138 valence electrons. The number of nitrogens with zero attached hydrogens (tertiary/aromatic N) is 1. The first-order valence-corrected chi connectivity index (χ1v) is 9.51. The molecule has 3 rings (SSSR count). The molecule has 0 radical (unpaired) electrons. The number of anilines is 1. The smallest absolute Gasteiger partial charge is 0.303 e. The first-order chi connectivity index (χ1) is 12.6. The second-order valence-electron chi connectivity index (χ2n) is 6.88. The molecule has 0 bridgehead atoms. The number of aryl methyl sites for hydroxylation is 1. The van der Waals surface area contributed by atoms with Crippen LogP contribution in [-0.4, -0.2) is 35.1 Å². The molecule has 0 spiro atoms. The van der Waals surface area contributed by atoms with Gasteiger partial charge in [-0.3, -0.25) is 9.69 Å². The van der Waals surface area contributed by atoms with Crippen molar-refractivity contribution in [1.82, 2.24) is 4.90 Å². The Morgan fingerprint density at radius 2 is 1.92 bits per heavy atom. The summed E-state index contributed by atoms with van der Waals surface area (Å²) in [5, 5.41) is 13.3. The topological polar surface area (TPSA) is 52.6 Å². The summed E-state index contributed by atoms with van der Waals surface area (Å²) < 4.78 is 0. The summed E-state index contributed by atoms with van der Waals surface area (Å²) in [5.74, 6) is -0.755. The van der Waals surface area contributed by atoms with Gasteiger partial charge in [0.2, 0.25) is 0 Å². The van der Waals surface area contributed by atoms with Crippen molar-refractivity contribution in [2.24, 2.45) is 0 Å². The Balaban J connectivity index is 1.49. The van der Waals surface area contributed by atoms with Crippen molar-refractivity contribution < 1.29 is 9.90 Å². The third kappa shape index (κ3) is 5.48. The SMILES string of the molecule is O=C(O)CCc1cccc(NC2CCN(Cc3ccccc3Cl)CC2)c1. The van der Waals surface area contributed by atoms with Gasteiger partial charge >= 0.3 is 5.97 Å². The standard InChI is InChI=1S/C21H25ClN2O2/c22-20-7-2-1-5-17(20)15-24-12-10-18(11-13-24)23-19-6-3-4-16(14-19)8-9-21(25)26/h1-7,14,18,23H,8-13,15H2,(H,25,26). The monoisotopic (exact) mass is 372 g/mol. The molecule has 26 heavy (non-hydrogen) atoms. The largest absolute Gasteiger partial charge is 0.481 e. The molecule has 0 aromatic heterocycles. The molecule has 2 aromatic carbocycles. The predicted octanol–water partition coefficient (Wildman–Crippen LogP) is 4.43. The Morgan fingerprint density at radius 1 is 1.15 bits per heavy atom. The van der Waals surface area contributed by atoms with Crippen LogP contribution in [0.3, 0.4) is 0 Å². The maximum absolute atomic E-state index is 10.7. The first kappa shape index (κ1) is 18.7. The second-order valence-corrected chi connectivity index (χ2v) is 7.29. The van der Waals surface area contributed by atoms with Crippen LogP contribution in [0.25, 0.3) is 0 Å². The van der Waals surface area contributed by atoms with Gasteiger partial charge in [0.15, 0.2) is 0 Å². The van der Waals surface area contributed by atoms with E-state index in [1.807, 2.05) is 30.3 Å². The van der Waals surface area contributed by atoms with Gasteiger partial charge in [-0.25, -0.2) is 0 Å². The van der Waals surface area contributed by atoms with Crippen LogP contribution in [0.4, 0.5) is 5.69 Å². The van der Waals surface area contributed by atoms with Crippen LogP contribution in [-0.2, 0) is 17.8 Å². The van der Waals surface area contributed by atoms with Gasteiger partial charge in [0, 0.05) is 42.8 Å². The number of carboxylic acids is 1. The van der Waals surface area contributed by atoms with Crippen molar-refractivity contribution >= 4 is 23.3 Å². The molecule has 1 heterocycles. The zero-order chi connectivity index (χ0) is 18.4. The molecule has 5 heteroatoms. The van der Waals surface area contributed by atoms with Crippen molar-refractivity contribution in [1.29, 1.82) is 0 Å². The molecular weight excluding hydrogens is 348 g/mol. The summed E-state index contributed by atoms with van der Waals surface area (Å²) >= 11 is 6.26. The maximum atomic E-state index is 10.7. The van der Waals surface area contributed by atoms with Gasteiger partial charge < -0.3 is 10.4 Å². The normalized spacial score (nSPS) is 15.7. The summed E-state index contributed by atoms with van der Waals surface area (Å²) in [4.78, 5) is 13.2. The third-order valence-corrected chi connectivity index (χ3v) is 5.23. The van der Waals surface area contributed by atoms with Crippen LogP contribution in [0.5, 0.6) is 0 Å². The molecule has 0 unspecified atom stereocenters. The van der Waals surface area contributed by atoms with Crippen LogP contribution in [0.1, 0.15) is 30.4 Å². The van der Waals surface area contributed by atoms with Crippen molar-refractivity contribution in [2.45, 2.75) is 38.3 Å². The quantitative estimate of drug-likeness (QED) is 0.754. The first-order valence-electron chi connectivity index (χ1n) is 9.13. The van der Waals surface area contributed by atoms with Gasteiger partial charge in [-0.05, 0) is 48.6 Å². The lowest BCUT2D eigenvalue weighted by Crippen LogP contribution is -2.38. The molecule has 0 atom stereocenters. The highest BCUT2D eigenvalue weighted by Crippen LogP contribution is 2.22. The number of aliphatic carboxylic acids is 1. The molecule has 1 aliphatic heterocycles. The average molecular weight is 373 g/mol. The van der Waals surface area contributed by atoms with E-state index in [-0.39, 0.29) is 6.42 Å². The number of hydrogen-bond acceptors (Lipinski definition) is 3. The van der Waals surface area contributed by atoms with Crippen LogP contribution in [0.15, 0.2) is 48.5 Å². The van der Waals surface area contributed by atoms with Gasteiger partial charge in [-0.15, -0.1) is 0 Å². The van der Waals surface area contributed by atoms with E-state index in [0.717, 1.165) is 48.7 Å². The van der Waals surface area contributed by atoms with Crippen LogP contribution in [0, 0.1) is 0 Å². The van der Waals surface area contributed by atoms with E-state index in [9.17, 15) is 4.79 Å². The minimum absolute atomic E-state index is 0.171. The summed E-state index contributed by atoms with van der Waals surface area (Å²) in [7, 11) is 0. The molecule has 0 amide bonds. The van der Waals surface area contributed by atoms with Crippen molar-refractivity contribution in [3.05, 3.63) is 64.7 Å². The van der Waals surface area contributed by atoms with E-state index in [0.29, 0.717) is 12.5 Å². The van der Waals surface area contributed by atoms with Crippen LogP contribution in [0.2, 0.25) is 5.02 Å². The van der Waals surface area contributed by atoms with E-state index < -0.39 is 5.97 Å². The number of piperidine rings is 1. The van der Waals surface area contributed by atoms with E-state index >= 15 is 0 Å². The van der Waals surface area contributed by atoms with Crippen molar-refractivity contribution in [3.63, 3.8) is 0 Å². The summed E-state index contributed by atoms with van der Waals surface area (Å²) in [6.45, 7) is 2.99. The van der Waals surface area contributed by atoms with E-state index in [2.05, 4.69) is 28.4 Å². The Morgan fingerprint density at radius 3 is 2.65 bits per heavy atom. The number of hydrogen-bond donors (Lipinski definition) is 2. The zero-order valence-electron chi connectivity index (χ0n) is 14.8. The van der Waals surface area contributed by atoms with Crippen LogP contribution >= 0.6 is 11.6 Å². The average Bonchev–Trinajstić information content (AvgIpc) is 2.64. The Bertz CT molecular complexity index is 742. The Kier molecular flexibility index (Phi) is 6.53. The Hall–Kier alpha value is -2.04. The molecule has 1 fully saturated rings. The van der Waals surface area contributed by atoms with Gasteiger partial charge in [0.05, 0.1) is 0 Å². The number of likely N-dealkylation sites (tertiary alicyclic amines) is 1. The highest BCUT2D eigenvalue weighted by Gasteiger charge is 2.19.